The Labute approximate surface area is 116 Å². The molecule has 5 N–H and O–H groups in total. The molecule has 0 aromatic rings. The Morgan fingerprint density at radius 1 is 0.842 bits per heavy atom. The fraction of sp³-hybridized carbons (Fsp3) is 1.00. The quantitative estimate of drug-likeness (QED) is 0.288. The van der Waals surface area contributed by atoms with Crippen LogP contribution in [0.25, 0.3) is 0 Å². The molecule has 0 amide bonds. The summed E-state index contributed by atoms with van der Waals surface area (Å²) in [5.74, 6) is 0. The van der Waals surface area contributed by atoms with E-state index in [2.05, 4.69) is 20.9 Å². The van der Waals surface area contributed by atoms with Crippen molar-refractivity contribution in [1.29, 1.82) is 0 Å². The summed E-state index contributed by atoms with van der Waals surface area (Å²) in [5.41, 5.74) is 6.49. The molecule has 1 saturated heterocycles. The number of hydrogen-bond donors (Lipinski definition) is 4. The smallest absolute Gasteiger partial charge is 0.0393 e. The summed E-state index contributed by atoms with van der Waals surface area (Å²) in [6, 6.07) is 0. The predicted octanol–water partition coefficient (Wildman–Crippen LogP) is -0.905. The van der Waals surface area contributed by atoms with Crippen molar-refractivity contribution in [1.82, 2.24) is 20.9 Å². The van der Waals surface area contributed by atoms with Crippen molar-refractivity contribution in [2.45, 2.75) is 36.8 Å². The van der Waals surface area contributed by atoms with E-state index in [1.54, 1.807) is 0 Å². The van der Waals surface area contributed by atoms with Crippen molar-refractivity contribution in [3.05, 3.63) is 0 Å². The molecule has 0 bridgehead atoms. The molecule has 1 heterocycles. The maximum atomic E-state index is 5.42. The fourth-order valence-corrected chi connectivity index (χ4v) is 3.54. The first-order valence-corrected chi connectivity index (χ1v) is 7.95. The summed E-state index contributed by atoms with van der Waals surface area (Å²) in [6.07, 6.45) is 5.63. The van der Waals surface area contributed by atoms with E-state index in [0.717, 1.165) is 39.3 Å². The van der Waals surface area contributed by atoms with Crippen LogP contribution in [0.4, 0.5) is 0 Å². The number of nitrogens with one attached hydrogen (secondary N) is 3. The van der Waals surface area contributed by atoms with Crippen LogP contribution >= 0.6 is 0 Å². The average Bonchev–Trinajstić information content (AvgIpc) is 3.28. The van der Waals surface area contributed by atoms with E-state index in [4.69, 9.17) is 5.73 Å². The van der Waals surface area contributed by atoms with E-state index in [0.29, 0.717) is 11.1 Å². The van der Waals surface area contributed by atoms with Gasteiger partial charge in [0.25, 0.3) is 0 Å². The topological polar surface area (TPSA) is 65.1 Å². The summed E-state index contributed by atoms with van der Waals surface area (Å²) < 4.78 is 0. The van der Waals surface area contributed by atoms with Gasteiger partial charge in [0.2, 0.25) is 0 Å². The van der Waals surface area contributed by atoms with Gasteiger partial charge in [0.05, 0.1) is 0 Å². The Bertz CT molecular complexity index is 294. The SMILES string of the molecule is NCCNCCNCCNC1(C2(N3CC3)CC2)CC1. The normalized spacial score (nSPS) is 26.4. The minimum atomic E-state index is 0.489. The highest BCUT2D eigenvalue weighted by Gasteiger charge is 2.69. The van der Waals surface area contributed by atoms with Gasteiger partial charge in [-0.3, -0.25) is 4.90 Å². The molecule has 1 aliphatic heterocycles. The summed E-state index contributed by atoms with van der Waals surface area (Å²) in [5, 5.41) is 10.6. The van der Waals surface area contributed by atoms with E-state index >= 15 is 0 Å². The molecule has 0 aromatic carbocycles. The van der Waals surface area contributed by atoms with Crippen molar-refractivity contribution in [3.8, 4) is 0 Å². The van der Waals surface area contributed by atoms with E-state index in [1.165, 1.54) is 38.8 Å². The lowest BCUT2D eigenvalue weighted by Crippen LogP contribution is -2.50. The molecule has 110 valence electrons. The Balaban J connectivity index is 1.26. The second kappa shape index (κ2) is 5.66. The van der Waals surface area contributed by atoms with Crippen LogP contribution in [-0.4, -0.2) is 68.3 Å². The van der Waals surface area contributed by atoms with Gasteiger partial charge in [-0.05, 0) is 25.7 Å². The van der Waals surface area contributed by atoms with Crippen LogP contribution in [0.3, 0.4) is 0 Å². The van der Waals surface area contributed by atoms with Crippen LogP contribution in [0.5, 0.6) is 0 Å². The fourth-order valence-electron chi connectivity index (χ4n) is 3.54. The summed E-state index contributed by atoms with van der Waals surface area (Å²) in [7, 11) is 0. The minimum absolute atomic E-state index is 0.489. The lowest BCUT2D eigenvalue weighted by atomic mass is 10.0. The van der Waals surface area contributed by atoms with Crippen LogP contribution in [0, 0.1) is 0 Å². The maximum absolute atomic E-state index is 5.42. The molecule has 2 aliphatic carbocycles. The molecule has 19 heavy (non-hydrogen) atoms. The molecular weight excluding hydrogens is 238 g/mol. The molecule has 3 aliphatic rings. The van der Waals surface area contributed by atoms with Gasteiger partial charge in [-0.2, -0.15) is 0 Å². The highest BCUT2D eigenvalue weighted by atomic mass is 15.4. The molecule has 0 aromatic heterocycles. The zero-order chi connectivity index (χ0) is 13.2. The standard InChI is InChI=1S/C14H29N5/c15-5-6-16-7-8-17-9-10-18-13(1-2-13)14(3-4-14)19-11-12-19/h16-18H,1-12,15H2. The molecule has 0 spiro atoms. The van der Waals surface area contributed by atoms with Gasteiger partial charge in [-0.1, -0.05) is 0 Å². The van der Waals surface area contributed by atoms with Gasteiger partial charge >= 0.3 is 0 Å². The number of hydrogen-bond acceptors (Lipinski definition) is 5. The first-order chi connectivity index (χ1) is 9.33. The largest absolute Gasteiger partial charge is 0.329 e. The monoisotopic (exact) mass is 267 g/mol. The first-order valence-electron chi connectivity index (χ1n) is 7.95. The molecule has 5 heteroatoms. The van der Waals surface area contributed by atoms with Crippen LogP contribution in [0.15, 0.2) is 0 Å². The lowest BCUT2D eigenvalue weighted by molar-refractivity contribution is 0.256. The van der Waals surface area contributed by atoms with Crippen molar-refractivity contribution >= 4 is 0 Å². The summed E-state index contributed by atoms with van der Waals surface area (Å²) in [4.78, 5) is 2.69. The maximum Gasteiger partial charge on any atom is 0.0393 e. The zero-order valence-corrected chi connectivity index (χ0v) is 12.0. The van der Waals surface area contributed by atoms with E-state index in [1.807, 2.05) is 0 Å². The minimum Gasteiger partial charge on any atom is -0.329 e. The molecule has 2 saturated carbocycles. The summed E-state index contributed by atoms with van der Waals surface area (Å²) in [6.45, 7) is 8.55. The average molecular weight is 267 g/mol. The van der Waals surface area contributed by atoms with Gasteiger partial charge in [0, 0.05) is 63.4 Å². The third-order valence-corrected chi connectivity index (χ3v) is 4.98. The third-order valence-electron chi connectivity index (χ3n) is 4.98. The van der Waals surface area contributed by atoms with Gasteiger partial charge in [0.15, 0.2) is 0 Å². The Morgan fingerprint density at radius 2 is 1.47 bits per heavy atom. The van der Waals surface area contributed by atoms with Gasteiger partial charge in [-0.25, -0.2) is 0 Å². The molecule has 0 radical (unpaired) electrons. The number of rotatable bonds is 11. The van der Waals surface area contributed by atoms with Crippen LogP contribution in [0.2, 0.25) is 0 Å². The molecule has 0 atom stereocenters. The Kier molecular flexibility index (Phi) is 4.10. The summed E-state index contributed by atoms with van der Waals surface area (Å²) >= 11 is 0. The van der Waals surface area contributed by atoms with Gasteiger partial charge in [-0.15, -0.1) is 0 Å². The highest BCUT2D eigenvalue weighted by Crippen LogP contribution is 2.62. The van der Waals surface area contributed by atoms with E-state index in [-0.39, 0.29) is 0 Å². The van der Waals surface area contributed by atoms with Crippen molar-refractivity contribution < 1.29 is 0 Å². The Morgan fingerprint density at radius 3 is 2.00 bits per heavy atom. The number of nitrogens with two attached hydrogens (primary N) is 1. The van der Waals surface area contributed by atoms with Gasteiger partial charge < -0.3 is 21.7 Å². The number of nitrogens with zero attached hydrogens (tertiary/aromatic N) is 1. The second-order valence-electron chi connectivity index (χ2n) is 6.32. The first kappa shape index (κ1) is 13.8. The molecule has 3 fully saturated rings. The van der Waals surface area contributed by atoms with Crippen LogP contribution in [-0.2, 0) is 0 Å². The van der Waals surface area contributed by atoms with E-state index < -0.39 is 0 Å². The molecule has 5 nitrogen and oxygen atoms in total. The molecule has 0 unspecified atom stereocenters. The van der Waals surface area contributed by atoms with Crippen LogP contribution < -0.4 is 21.7 Å². The third kappa shape index (κ3) is 2.95. The van der Waals surface area contributed by atoms with Crippen molar-refractivity contribution in [2.75, 3.05) is 52.4 Å². The van der Waals surface area contributed by atoms with Crippen molar-refractivity contribution in [3.63, 3.8) is 0 Å². The zero-order valence-electron chi connectivity index (χ0n) is 12.0. The van der Waals surface area contributed by atoms with Gasteiger partial charge in [0.1, 0.15) is 0 Å². The second-order valence-corrected chi connectivity index (χ2v) is 6.32. The highest BCUT2D eigenvalue weighted by molar-refractivity contribution is 5.29. The lowest BCUT2D eigenvalue weighted by Gasteiger charge is -2.29. The molecular formula is C14H29N5. The van der Waals surface area contributed by atoms with E-state index in [9.17, 15) is 0 Å². The predicted molar refractivity (Wildman–Crippen MR) is 78.3 cm³/mol. The van der Waals surface area contributed by atoms with Crippen molar-refractivity contribution in [2.24, 2.45) is 5.73 Å². The molecule has 3 rings (SSSR count). The Hall–Kier alpha value is -0.200. The van der Waals surface area contributed by atoms with Crippen LogP contribution in [0.1, 0.15) is 25.7 Å².